The van der Waals surface area contributed by atoms with Crippen LogP contribution in [-0.4, -0.2) is 41.7 Å². The first-order valence-electron chi connectivity index (χ1n) is 5.59. The molecule has 0 aromatic heterocycles. The van der Waals surface area contributed by atoms with Crippen molar-refractivity contribution < 1.29 is 23.2 Å². The standard InChI is InChI=1S/C13H10F2N2O3/c1-16-11(18)8(12(19)17(2)13(16)20)5-7-3-4-9(14)10(15)6-7/h3-6H,1-2H3. The van der Waals surface area contributed by atoms with Gasteiger partial charge in [-0.15, -0.1) is 0 Å². The van der Waals surface area contributed by atoms with E-state index in [9.17, 15) is 23.2 Å². The van der Waals surface area contributed by atoms with Crippen LogP contribution in [0, 0.1) is 11.6 Å². The van der Waals surface area contributed by atoms with E-state index < -0.39 is 29.5 Å². The minimum Gasteiger partial charge on any atom is -0.268 e. The molecule has 7 heteroatoms. The van der Waals surface area contributed by atoms with Crippen LogP contribution in [0.2, 0.25) is 0 Å². The van der Waals surface area contributed by atoms with Gasteiger partial charge in [0.15, 0.2) is 11.6 Å². The van der Waals surface area contributed by atoms with E-state index in [1.807, 2.05) is 0 Å². The molecule has 0 atom stereocenters. The first-order chi connectivity index (χ1) is 9.32. The van der Waals surface area contributed by atoms with E-state index in [4.69, 9.17) is 0 Å². The lowest BCUT2D eigenvalue weighted by atomic mass is 10.1. The van der Waals surface area contributed by atoms with E-state index in [2.05, 4.69) is 0 Å². The van der Waals surface area contributed by atoms with Gasteiger partial charge in [-0.1, -0.05) is 6.07 Å². The Hall–Kier alpha value is -2.57. The fourth-order valence-corrected chi connectivity index (χ4v) is 1.74. The number of rotatable bonds is 1. The van der Waals surface area contributed by atoms with Gasteiger partial charge < -0.3 is 0 Å². The number of halogens is 2. The van der Waals surface area contributed by atoms with Gasteiger partial charge >= 0.3 is 6.03 Å². The number of imide groups is 2. The molecule has 1 aliphatic heterocycles. The molecular weight excluding hydrogens is 270 g/mol. The van der Waals surface area contributed by atoms with Crippen molar-refractivity contribution in [3.8, 4) is 0 Å². The number of likely N-dealkylation sites (N-methyl/N-ethyl adjacent to an activating group) is 2. The van der Waals surface area contributed by atoms with Crippen molar-refractivity contribution >= 4 is 23.9 Å². The molecule has 5 nitrogen and oxygen atoms in total. The van der Waals surface area contributed by atoms with Gasteiger partial charge in [0.1, 0.15) is 5.57 Å². The molecule has 4 amide bonds. The van der Waals surface area contributed by atoms with Crippen LogP contribution in [-0.2, 0) is 9.59 Å². The Morgan fingerprint density at radius 1 is 0.950 bits per heavy atom. The molecule has 1 heterocycles. The first kappa shape index (κ1) is 13.9. The van der Waals surface area contributed by atoms with Crippen molar-refractivity contribution in [1.29, 1.82) is 0 Å². The first-order valence-corrected chi connectivity index (χ1v) is 5.59. The lowest BCUT2D eigenvalue weighted by Crippen LogP contribution is -2.52. The van der Waals surface area contributed by atoms with E-state index in [0.29, 0.717) is 0 Å². The van der Waals surface area contributed by atoms with Crippen molar-refractivity contribution in [2.24, 2.45) is 0 Å². The topological polar surface area (TPSA) is 57.7 Å². The molecule has 0 spiro atoms. The predicted octanol–water partition coefficient (Wildman–Crippen LogP) is 1.40. The third-order valence-corrected chi connectivity index (χ3v) is 2.90. The molecule has 1 aliphatic rings. The van der Waals surface area contributed by atoms with E-state index in [-0.39, 0.29) is 11.1 Å². The quantitative estimate of drug-likeness (QED) is 0.577. The molecule has 104 valence electrons. The van der Waals surface area contributed by atoms with E-state index in [1.165, 1.54) is 20.2 Å². The molecule has 0 aliphatic carbocycles. The number of hydrogen-bond donors (Lipinski definition) is 0. The van der Waals surface area contributed by atoms with Crippen LogP contribution in [0.3, 0.4) is 0 Å². The summed E-state index contributed by atoms with van der Waals surface area (Å²) in [6, 6.07) is 2.22. The number of carbonyl (C=O) groups is 3. The summed E-state index contributed by atoms with van der Waals surface area (Å²) in [5.41, 5.74) is -0.141. The lowest BCUT2D eigenvalue weighted by molar-refractivity contribution is -0.134. The number of carbonyl (C=O) groups excluding carboxylic acids is 3. The van der Waals surface area contributed by atoms with Crippen molar-refractivity contribution in [1.82, 2.24) is 9.80 Å². The fourth-order valence-electron chi connectivity index (χ4n) is 1.74. The zero-order valence-corrected chi connectivity index (χ0v) is 10.7. The summed E-state index contributed by atoms with van der Waals surface area (Å²) in [6.07, 6.45) is 1.12. The molecule has 0 bridgehead atoms. The third kappa shape index (κ3) is 2.18. The largest absolute Gasteiger partial charge is 0.333 e. The van der Waals surface area contributed by atoms with Crippen LogP contribution in [0.4, 0.5) is 13.6 Å². The van der Waals surface area contributed by atoms with Crippen LogP contribution in [0.25, 0.3) is 6.08 Å². The second kappa shape index (κ2) is 4.84. The molecular formula is C13H10F2N2O3. The number of amides is 4. The molecule has 1 saturated heterocycles. The number of hydrogen-bond acceptors (Lipinski definition) is 3. The second-order valence-electron chi connectivity index (χ2n) is 4.24. The van der Waals surface area contributed by atoms with Crippen LogP contribution in [0.5, 0.6) is 0 Å². The Kier molecular flexibility index (Phi) is 3.35. The normalized spacial score (nSPS) is 16.0. The van der Waals surface area contributed by atoms with E-state index in [0.717, 1.165) is 28.0 Å². The smallest absolute Gasteiger partial charge is 0.268 e. The Balaban J connectivity index is 2.46. The maximum Gasteiger partial charge on any atom is 0.333 e. The number of benzene rings is 1. The molecule has 0 radical (unpaired) electrons. The average molecular weight is 280 g/mol. The minimum atomic E-state index is -1.09. The van der Waals surface area contributed by atoms with Gasteiger partial charge in [-0.2, -0.15) is 0 Å². The van der Waals surface area contributed by atoms with Gasteiger partial charge in [-0.3, -0.25) is 19.4 Å². The lowest BCUT2D eigenvalue weighted by Gasteiger charge is -2.28. The van der Waals surface area contributed by atoms with Crippen molar-refractivity contribution in [3.05, 3.63) is 41.0 Å². The maximum absolute atomic E-state index is 13.1. The fraction of sp³-hybridized carbons (Fsp3) is 0.154. The summed E-state index contributed by atoms with van der Waals surface area (Å²) in [5, 5.41) is 0. The molecule has 0 saturated carbocycles. The Morgan fingerprint density at radius 3 is 2.00 bits per heavy atom. The highest BCUT2D eigenvalue weighted by atomic mass is 19.2. The summed E-state index contributed by atoms with van der Waals surface area (Å²) in [5.74, 6) is -3.70. The Labute approximate surface area is 113 Å². The summed E-state index contributed by atoms with van der Waals surface area (Å²) < 4.78 is 25.9. The SMILES string of the molecule is CN1C(=O)C(=Cc2ccc(F)c(F)c2)C(=O)N(C)C1=O. The zero-order chi connectivity index (χ0) is 15.0. The van der Waals surface area contributed by atoms with Crippen molar-refractivity contribution in [3.63, 3.8) is 0 Å². The van der Waals surface area contributed by atoms with Crippen molar-refractivity contribution in [2.75, 3.05) is 14.1 Å². The Bertz CT molecular complexity index is 629. The maximum atomic E-state index is 13.1. The number of barbiturate groups is 1. The van der Waals surface area contributed by atoms with Crippen molar-refractivity contribution in [2.45, 2.75) is 0 Å². The highest BCUT2D eigenvalue weighted by Gasteiger charge is 2.37. The molecule has 1 aromatic rings. The van der Waals surface area contributed by atoms with Gasteiger partial charge in [-0.05, 0) is 23.8 Å². The van der Waals surface area contributed by atoms with Crippen LogP contribution < -0.4 is 0 Å². The summed E-state index contributed by atoms with van der Waals surface area (Å²) >= 11 is 0. The molecule has 0 unspecified atom stereocenters. The van der Waals surface area contributed by atoms with Crippen LogP contribution in [0.1, 0.15) is 5.56 Å². The molecule has 0 N–H and O–H groups in total. The highest BCUT2D eigenvalue weighted by molar-refractivity contribution is 6.30. The van der Waals surface area contributed by atoms with Gasteiger partial charge in [0.05, 0.1) is 0 Å². The average Bonchev–Trinajstić information content (AvgIpc) is 2.43. The second-order valence-corrected chi connectivity index (χ2v) is 4.24. The Morgan fingerprint density at radius 2 is 1.50 bits per heavy atom. The number of nitrogens with zero attached hydrogens (tertiary/aromatic N) is 2. The predicted molar refractivity (Wildman–Crippen MR) is 65.3 cm³/mol. The van der Waals surface area contributed by atoms with E-state index in [1.54, 1.807) is 0 Å². The summed E-state index contributed by atoms with van der Waals surface area (Å²) in [6.45, 7) is 0. The molecule has 20 heavy (non-hydrogen) atoms. The van der Waals surface area contributed by atoms with Gasteiger partial charge in [0.2, 0.25) is 0 Å². The van der Waals surface area contributed by atoms with Gasteiger partial charge in [0.25, 0.3) is 11.8 Å². The summed E-state index contributed by atoms with van der Waals surface area (Å²) in [4.78, 5) is 36.8. The third-order valence-electron chi connectivity index (χ3n) is 2.90. The van der Waals surface area contributed by atoms with Gasteiger partial charge in [-0.25, -0.2) is 13.6 Å². The van der Waals surface area contributed by atoms with Crippen LogP contribution in [0.15, 0.2) is 23.8 Å². The molecule has 2 rings (SSSR count). The highest BCUT2D eigenvalue weighted by Crippen LogP contribution is 2.18. The van der Waals surface area contributed by atoms with Gasteiger partial charge in [0, 0.05) is 14.1 Å². The summed E-state index contributed by atoms with van der Waals surface area (Å²) in [7, 11) is 2.46. The minimum absolute atomic E-state index is 0.150. The molecule has 1 aromatic carbocycles. The number of urea groups is 1. The van der Waals surface area contributed by atoms with E-state index >= 15 is 0 Å². The zero-order valence-electron chi connectivity index (χ0n) is 10.7. The van der Waals surface area contributed by atoms with Crippen LogP contribution >= 0.6 is 0 Å². The monoisotopic (exact) mass is 280 g/mol. The molecule has 1 fully saturated rings.